The van der Waals surface area contributed by atoms with Crippen LogP contribution in [0.4, 0.5) is 0 Å². The van der Waals surface area contributed by atoms with E-state index < -0.39 is 0 Å². The molecule has 6 rings (SSSR count). The van der Waals surface area contributed by atoms with Crippen LogP contribution in [0.5, 0.6) is 0 Å². The third-order valence-corrected chi connectivity index (χ3v) is 9.49. The van der Waals surface area contributed by atoms with Crippen molar-refractivity contribution in [1.82, 2.24) is 34.4 Å². The molecule has 1 aliphatic heterocycles. The summed E-state index contributed by atoms with van der Waals surface area (Å²) in [5.41, 5.74) is 9.28. The Morgan fingerprint density at radius 1 is 1.08 bits per heavy atom. The molecule has 0 atom stereocenters. The summed E-state index contributed by atoms with van der Waals surface area (Å²) in [7, 11) is 0. The number of H-pyrrole nitrogens is 1. The normalized spacial score (nSPS) is 15.3. The van der Waals surface area contributed by atoms with E-state index in [9.17, 15) is 4.79 Å². The van der Waals surface area contributed by atoms with E-state index in [1.807, 2.05) is 16.9 Å². The molecular weight excluding hydrogens is 506 g/mol. The first-order valence-electron chi connectivity index (χ1n) is 13.7. The molecule has 39 heavy (non-hydrogen) atoms. The van der Waals surface area contributed by atoms with Gasteiger partial charge in [0.1, 0.15) is 22.8 Å². The number of hydrogen-bond acceptors (Lipinski definition) is 7. The van der Waals surface area contributed by atoms with Crippen molar-refractivity contribution in [1.29, 1.82) is 0 Å². The number of nitrogens with one attached hydrogen (secondary N) is 1. The van der Waals surface area contributed by atoms with Crippen LogP contribution in [0, 0.1) is 20.8 Å². The van der Waals surface area contributed by atoms with Gasteiger partial charge < -0.3 is 4.98 Å². The average molecular weight is 542 g/mol. The van der Waals surface area contributed by atoms with Gasteiger partial charge in [-0.3, -0.25) is 9.69 Å². The molecule has 0 aromatic carbocycles. The third kappa shape index (κ3) is 4.47. The fourth-order valence-corrected chi connectivity index (χ4v) is 7.28. The van der Waals surface area contributed by atoms with E-state index in [4.69, 9.17) is 9.97 Å². The van der Waals surface area contributed by atoms with Gasteiger partial charge >= 0.3 is 0 Å². The molecule has 1 N–H and O–H groups in total. The lowest BCUT2D eigenvalue weighted by Gasteiger charge is -2.30. The summed E-state index contributed by atoms with van der Waals surface area (Å²) in [5, 5.41) is 5.72. The number of likely N-dealkylation sites (tertiary alicyclic amines) is 1. The van der Waals surface area contributed by atoms with Gasteiger partial charge in [0.2, 0.25) is 0 Å². The first kappa shape index (κ1) is 25.8. The number of nitrogens with zero attached hydrogens (tertiary/aromatic N) is 6. The Morgan fingerprint density at radius 3 is 2.46 bits per heavy atom. The first-order valence-corrected chi connectivity index (χ1v) is 14.5. The Kier molecular flexibility index (Phi) is 6.59. The number of fused-ring (bicyclic) bond motifs is 2. The summed E-state index contributed by atoms with van der Waals surface area (Å²) in [6, 6.07) is 0. The minimum atomic E-state index is 0.228. The predicted octanol–water partition coefficient (Wildman–Crippen LogP) is 6.21. The van der Waals surface area contributed by atoms with E-state index in [2.05, 4.69) is 60.8 Å². The maximum Gasteiger partial charge on any atom is 0.158 e. The standard InChI is InChI=1S/C30H35N7OS/c1-16(2)24-25-20(6)27(22-11-31-28(32-12-22)21-7-9-36(10-8-21)13-17(3)38)39-30(25)35-26(24)23-14-37-29(33-15-34-37)19(5)18(23)4/h11-12,14-16,21,35H,7-10,13H2,1-6H3. The van der Waals surface area contributed by atoms with Gasteiger partial charge in [-0.15, -0.1) is 11.3 Å². The highest BCUT2D eigenvalue weighted by atomic mass is 32.1. The van der Waals surface area contributed by atoms with E-state index in [0.29, 0.717) is 18.4 Å². The van der Waals surface area contributed by atoms with Crippen LogP contribution in [0.2, 0.25) is 0 Å². The molecule has 8 nitrogen and oxygen atoms in total. The molecule has 9 heteroatoms. The highest BCUT2D eigenvalue weighted by Gasteiger charge is 2.26. The molecule has 202 valence electrons. The van der Waals surface area contributed by atoms with E-state index in [-0.39, 0.29) is 5.78 Å². The third-order valence-electron chi connectivity index (χ3n) is 8.23. The van der Waals surface area contributed by atoms with Crippen molar-refractivity contribution in [2.24, 2.45) is 0 Å². The zero-order valence-electron chi connectivity index (χ0n) is 23.5. The number of thiophene rings is 1. The molecule has 0 unspecified atom stereocenters. The molecule has 0 spiro atoms. The second-order valence-electron chi connectivity index (χ2n) is 11.2. The van der Waals surface area contributed by atoms with Crippen LogP contribution in [0.25, 0.3) is 37.6 Å². The molecule has 0 radical (unpaired) electrons. The zero-order valence-corrected chi connectivity index (χ0v) is 24.3. The predicted molar refractivity (Wildman–Crippen MR) is 157 cm³/mol. The molecule has 0 bridgehead atoms. The average Bonchev–Trinajstić information content (AvgIpc) is 3.61. The van der Waals surface area contributed by atoms with Gasteiger partial charge in [0.05, 0.1) is 12.2 Å². The van der Waals surface area contributed by atoms with Crippen LogP contribution < -0.4 is 0 Å². The Morgan fingerprint density at radius 2 is 1.79 bits per heavy atom. The second-order valence-corrected chi connectivity index (χ2v) is 12.3. The molecule has 0 aliphatic carbocycles. The lowest BCUT2D eigenvalue weighted by atomic mass is 9.93. The SMILES string of the molecule is CC(=O)CN1CCC(c2ncc(-c3sc4[nH]c(-c5cn6ncnc6c(C)c5C)c(C(C)C)c4c3C)cn2)CC1. The number of aromatic amines is 1. The van der Waals surface area contributed by atoms with Crippen LogP contribution in [0.3, 0.4) is 0 Å². The van der Waals surface area contributed by atoms with Gasteiger partial charge in [-0.2, -0.15) is 5.10 Å². The second kappa shape index (κ2) is 9.95. The quantitative estimate of drug-likeness (QED) is 0.275. The Balaban J connectivity index is 1.33. The van der Waals surface area contributed by atoms with Crippen molar-refractivity contribution >= 4 is 33.0 Å². The van der Waals surface area contributed by atoms with Crippen molar-refractivity contribution in [3.8, 4) is 21.7 Å². The van der Waals surface area contributed by atoms with Gasteiger partial charge in [-0.25, -0.2) is 19.5 Å². The Hall–Kier alpha value is -3.43. The van der Waals surface area contributed by atoms with E-state index in [1.54, 1.807) is 24.6 Å². The number of aryl methyl sites for hydroxylation is 2. The number of ketones is 1. The highest BCUT2D eigenvalue weighted by Crippen LogP contribution is 2.46. The smallest absolute Gasteiger partial charge is 0.158 e. The van der Waals surface area contributed by atoms with Gasteiger partial charge in [0.25, 0.3) is 0 Å². The summed E-state index contributed by atoms with van der Waals surface area (Å²) in [4.78, 5) is 33.9. The summed E-state index contributed by atoms with van der Waals surface area (Å²) >= 11 is 1.78. The Labute approximate surface area is 232 Å². The van der Waals surface area contributed by atoms with Crippen molar-refractivity contribution in [2.75, 3.05) is 19.6 Å². The number of piperidine rings is 1. The number of hydrogen-bond donors (Lipinski definition) is 1. The number of rotatable bonds is 6. The van der Waals surface area contributed by atoms with Crippen LogP contribution in [-0.4, -0.2) is 59.9 Å². The summed E-state index contributed by atoms with van der Waals surface area (Å²) < 4.78 is 1.88. The molecule has 1 saturated heterocycles. The largest absolute Gasteiger partial charge is 0.346 e. The molecule has 5 aromatic rings. The van der Waals surface area contributed by atoms with Crippen molar-refractivity contribution in [2.45, 2.75) is 66.2 Å². The maximum absolute atomic E-state index is 11.4. The van der Waals surface area contributed by atoms with E-state index in [0.717, 1.165) is 48.5 Å². The van der Waals surface area contributed by atoms with E-state index >= 15 is 0 Å². The highest BCUT2D eigenvalue weighted by molar-refractivity contribution is 7.22. The topological polar surface area (TPSA) is 92.1 Å². The van der Waals surface area contributed by atoms with E-state index in [1.165, 1.54) is 43.0 Å². The van der Waals surface area contributed by atoms with Crippen molar-refractivity contribution in [3.63, 3.8) is 0 Å². The van der Waals surface area contributed by atoms with Gasteiger partial charge in [0, 0.05) is 45.9 Å². The van der Waals surface area contributed by atoms with Gasteiger partial charge in [-0.1, -0.05) is 13.8 Å². The lowest BCUT2D eigenvalue weighted by Crippen LogP contribution is -2.36. The van der Waals surface area contributed by atoms with Crippen molar-refractivity contribution < 1.29 is 4.79 Å². The molecule has 5 aromatic heterocycles. The monoisotopic (exact) mass is 541 g/mol. The number of pyridine rings is 1. The zero-order chi connectivity index (χ0) is 27.4. The summed E-state index contributed by atoms with van der Waals surface area (Å²) in [5.74, 6) is 1.84. The van der Waals surface area contributed by atoms with Crippen LogP contribution in [0.15, 0.2) is 24.9 Å². The van der Waals surface area contributed by atoms with Crippen LogP contribution in [0.1, 0.15) is 73.5 Å². The molecule has 1 fully saturated rings. The number of carbonyl (C=O) groups excluding carboxylic acids is 1. The van der Waals surface area contributed by atoms with Crippen LogP contribution in [-0.2, 0) is 4.79 Å². The summed E-state index contributed by atoms with van der Waals surface area (Å²) in [6.07, 6.45) is 9.68. The molecular formula is C30H35N7OS. The molecule has 1 aliphatic rings. The summed E-state index contributed by atoms with van der Waals surface area (Å²) in [6.45, 7) is 15.1. The minimum absolute atomic E-state index is 0.228. The van der Waals surface area contributed by atoms with Crippen molar-refractivity contribution in [3.05, 3.63) is 53.0 Å². The number of aromatic nitrogens is 6. The lowest BCUT2D eigenvalue weighted by molar-refractivity contribution is -0.118. The number of carbonyl (C=O) groups is 1. The fraction of sp³-hybridized carbons (Fsp3) is 0.433. The minimum Gasteiger partial charge on any atom is -0.346 e. The molecule has 6 heterocycles. The number of Topliss-reactive ketones (excluding diaryl/α,β-unsaturated/α-hetero) is 1. The van der Waals surface area contributed by atoms with Crippen LogP contribution >= 0.6 is 11.3 Å². The molecule has 0 saturated carbocycles. The first-order chi connectivity index (χ1) is 18.7. The Bertz CT molecular complexity index is 1680. The maximum atomic E-state index is 11.4. The molecule has 0 amide bonds. The van der Waals surface area contributed by atoms with Gasteiger partial charge in [-0.05, 0) is 81.8 Å². The fourth-order valence-electron chi connectivity index (χ4n) is 6.08. The van der Waals surface area contributed by atoms with Gasteiger partial charge in [0.15, 0.2) is 5.65 Å².